The van der Waals surface area contributed by atoms with Crippen LogP contribution in [-0.2, 0) is 4.79 Å². The minimum Gasteiger partial charge on any atom is -0.370 e. The number of benzene rings is 1. The van der Waals surface area contributed by atoms with E-state index in [-0.39, 0.29) is 17.9 Å². The van der Waals surface area contributed by atoms with Crippen molar-refractivity contribution in [2.75, 3.05) is 25.0 Å². The van der Waals surface area contributed by atoms with Crippen LogP contribution in [0.15, 0.2) is 30.3 Å². The second kappa shape index (κ2) is 7.46. The van der Waals surface area contributed by atoms with E-state index >= 15 is 0 Å². The van der Waals surface area contributed by atoms with Gasteiger partial charge in [0.1, 0.15) is 0 Å². The summed E-state index contributed by atoms with van der Waals surface area (Å²) in [5.41, 5.74) is 6.92. The molecule has 0 aliphatic heterocycles. The highest BCUT2D eigenvalue weighted by Crippen LogP contribution is 2.30. The Labute approximate surface area is 127 Å². The molecule has 116 valence electrons. The third kappa shape index (κ3) is 3.97. The molecular weight excluding hydrogens is 262 g/mol. The summed E-state index contributed by atoms with van der Waals surface area (Å²) in [4.78, 5) is 14.5. The molecule has 1 fully saturated rings. The molecule has 1 aliphatic carbocycles. The van der Waals surface area contributed by atoms with Crippen LogP contribution in [0.5, 0.6) is 0 Å². The summed E-state index contributed by atoms with van der Waals surface area (Å²) in [6, 6.07) is 10.5. The summed E-state index contributed by atoms with van der Waals surface area (Å²) in [7, 11) is 2.06. The number of nitrogens with one attached hydrogen (secondary N) is 1. The Morgan fingerprint density at radius 2 is 2.10 bits per heavy atom. The Balaban J connectivity index is 1.83. The van der Waals surface area contributed by atoms with E-state index < -0.39 is 0 Å². The lowest BCUT2D eigenvalue weighted by atomic mass is 9.95. The van der Waals surface area contributed by atoms with Crippen molar-refractivity contribution in [2.45, 2.75) is 32.2 Å². The van der Waals surface area contributed by atoms with Crippen molar-refractivity contribution >= 4 is 11.6 Å². The average molecular weight is 289 g/mol. The van der Waals surface area contributed by atoms with E-state index in [0.29, 0.717) is 19.0 Å². The molecule has 0 bridgehead atoms. The van der Waals surface area contributed by atoms with Gasteiger partial charge in [0.25, 0.3) is 0 Å². The summed E-state index contributed by atoms with van der Waals surface area (Å²) in [6.07, 6.45) is 3.20. The first-order valence-corrected chi connectivity index (χ1v) is 7.89. The number of likely N-dealkylation sites (N-methyl/N-ethyl adjacent to an activating group) is 1. The van der Waals surface area contributed by atoms with Crippen molar-refractivity contribution in [1.82, 2.24) is 5.32 Å². The zero-order valence-electron chi connectivity index (χ0n) is 13.1. The minimum absolute atomic E-state index is 0.115. The van der Waals surface area contributed by atoms with Crippen molar-refractivity contribution in [1.29, 1.82) is 0 Å². The first kappa shape index (κ1) is 15.8. The lowest BCUT2D eigenvalue weighted by molar-refractivity contribution is -0.126. The first-order valence-electron chi connectivity index (χ1n) is 7.89. The normalized spacial score (nSPS) is 22.8. The zero-order chi connectivity index (χ0) is 15.2. The maximum absolute atomic E-state index is 12.3. The fraction of sp³-hybridized carbons (Fsp3) is 0.588. The van der Waals surface area contributed by atoms with Gasteiger partial charge >= 0.3 is 0 Å². The van der Waals surface area contributed by atoms with Gasteiger partial charge in [-0.25, -0.2) is 0 Å². The number of para-hydroxylation sites is 1. The van der Waals surface area contributed by atoms with Crippen molar-refractivity contribution in [3.63, 3.8) is 0 Å². The van der Waals surface area contributed by atoms with Crippen molar-refractivity contribution in [3.05, 3.63) is 30.3 Å². The van der Waals surface area contributed by atoms with Crippen LogP contribution in [0.3, 0.4) is 0 Å². The monoisotopic (exact) mass is 289 g/mol. The highest BCUT2D eigenvalue weighted by atomic mass is 16.1. The molecule has 4 nitrogen and oxygen atoms in total. The first-order chi connectivity index (χ1) is 10.1. The van der Waals surface area contributed by atoms with Crippen LogP contribution in [0.25, 0.3) is 0 Å². The molecule has 1 unspecified atom stereocenters. The standard InChI is InChI=1S/C17H27N3O/c1-13(20(2)15-8-4-3-5-9-15)12-19-17(21)16-10-6-7-14(16)11-18/h3-5,8-9,13-14,16H,6-7,10-12,18H2,1-2H3,(H,19,21)/t13?,14-,16-/m1/s1. The van der Waals surface area contributed by atoms with Crippen molar-refractivity contribution in [2.24, 2.45) is 17.6 Å². The minimum atomic E-state index is 0.115. The summed E-state index contributed by atoms with van der Waals surface area (Å²) in [6.45, 7) is 3.41. The number of hydrogen-bond donors (Lipinski definition) is 2. The number of amides is 1. The molecule has 4 heteroatoms. The largest absolute Gasteiger partial charge is 0.370 e. The molecule has 0 heterocycles. The molecule has 0 radical (unpaired) electrons. The maximum atomic E-state index is 12.3. The Morgan fingerprint density at radius 3 is 2.76 bits per heavy atom. The number of carbonyl (C=O) groups is 1. The fourth-order valence-corrected chi connectivity index (χ4v) is 3.10. The predicted molar refractivity (Wildman–Crippen MR) is 87.2 cm³/mol. The van der Waals surface area contributed by atoms with Crippen molar-refractivity contribution in [3.8, 4) is 0 Å². The molecule has 1 saturated carbocycles. The van der Waals surface area contributed by atoms with Gasteiger partial charge in [0.2, 0.25) is 5.91 Å². The zero-order valence-corrected chi connectivity index (χ0v) is 13.1. The van der Waals surface area contributed by atoms with Gasteiger partial charge in [0.15, 0.2) is 0 Å². The molecule has 1 aromatic carbocycles. The quantitative estimate of drug-likeness (QED) is 0.842. The maximum Gasteiger partial charge on any atom is 0.223 e. The molecule has 0 aromatic heterocycles. The van der Waals surface area contributed by atoms with Gasteiger partial charge in [-0.1, -0.05) is 24.6 Å². The Kier molecular flexibility index (Phi) is 5.62. The SMILES string of the molecule is CC(CNC(=O)[C@@H]1CCC[C@@H]1CN)N(C)c1ccccc1. The summed E-state index contributed by atoms with van der Waals surface area (Å²) < 4.78 is 0. The van der Waals surface area contributed by atoms with E-state index in [1.54, 1.807) is 0 Å². The highest BCUT2D eigenvalue weighted by molar-refractivity contribution is 5.79. The summed E-state index contributed by atoms with van der Waals surface area (Å²) in [5.74, 6) is 0.660. The van der Waals surface area contributed by atoms with E-state index in [4.69, 9.17) is 5.73 Å². The van der Waals surface area contributed by atoms with Crippen molar-refractivity contribution < 1.29 is 4.79 Å². The van der Waals surface area contributed by atoms with Crippen LogP contribution in [0.4, 0.5) is 5.69 Å². The molecule has 0 spiro atoms. The van der Waals surface area contributed by atoms with Gasteiger partial charge in [-0.3, -0.25) is 4.79 Å². The van der Waals surface area contributed by atoms with Gasteiger partial charge in [-0.05, 0) is 44.4 Å². The van der Waals surface area contributed by atoms with Crippen LogP contribution in [0, 0.1) is 11.8 Å². The third-order valence-electron chi connectivity index (χ3n) is 4.69. The number of hydrogen-bond acceptors (Lipinski definition) is 3. The molecule has 3 atom stereocenters. The Hall–Kier alpha value is -1.55. The fourth-order valence-electron chi connectivity index (χ4n) is 3.10. The molecule has 1 aliphatic rings. The average Bonchev–Trinajstić information content (AvgIpc) is 3.01. The van der Waals surface area contributed by atoms with Crippen LogP contribution in [0.1, 0.15) is 26.2 Å². The second-order valence-electron chi connectivity index (χ2n) is 6.07. The lowest BCUT2D eigenvalue weighted by Gasteiger charge is -2.28. The van der Waals surface area contributed by atoms with Gasteiger partial charge in [-0.2, -0.15) is 0 Å². The smallest absolute Gasteiger partial charge is 0.223 e. The van der Waals surface area contributed by atoms with E-state index in [9.17, 15) is 4.79 Å². The van der Waals surface area contributed by atoms with E-state index in [1.165, 1.54) is 5.69 Å². The molecule has 2 rings (SSSR count). The number of nitrogens with zero attached hydrogens (tertiary/aromatic N) is 1. The molecule has 3 N–H and O–H groups in total. The van der Waals surface area contributed by atoms with Crippen LogP contribution >= 0.6 is 0 Å². The topological polar surface area (TPSA) is 58.4 Å². The molecule has 1 amide bonds. The summed E-state index contributed by atoms with van der Waals surface area (Å²) in [5, 5.41) is 3.10. The number of rotatable bonds is 6. The number of nitrogens with two attached hydrogens (primary N) is 1. The Bertz CT molecular complexity index is 449. The van der Waals surface area contributed by atoms with Gasteiger partial charge in [-0.15, -0.1) is 0 Å². The number of anilines is 1. The molecule has 0 saturated heterocycles. The van der Waals surface area contributed by atoms with E-state index in [0.717, 1.165) is 19.3 Å². The van der Waals surface area contributed by atoms with Crippen LogP contribution < -0.4 is 16.0 Å². The predicted octanol–water partition coefficient (Wildman–Crippen LogP) is 2.00. The third-order valence-corrected chi connectivity index (χ3v) is 4.69. The lowest BCUT2D eigenvalue weighted by Crippen LogP contribution is -2.43. The second-order valence-corrected chi connectivity index (χ2v) is 6.07. The summed E-state index contributed by atoms with van der Waals surface area (Å²) >= 11 is 0. The molecule has 21 heavy (non-hydrogen) atoms. The van der Waals surface area contributed by atoms with Gasteiger partial charge in [0.05, 0.1) is 0 Å². The molecular formula is C17H27N3O. The number of carbonyl (C=O) groups excluding carboxylic acids is 1. The van der Waals surface area contributed by atoms with Crippen LogP contribution in [-0.4, -0.2) is 32.1 Å². The van der Waals surface area contributed by atoms with E-state index in [1.807, 2.05) is 18.2 Å². The van der Waals surface area contributed by atoms with Gasteiger partial charge in [0, 0.05) is 31.2 Å². The van der Waals surface area contributed by atoms with Crippen LogP contribution in [0.2, 0.25) is 0 Å². The molecule has 1 aromatic rings. The Morgan fingerprint density at radius 1 is 1.38 bits per heavy atom. The van der Waals surface area contributed by atoms with E-state index in [2.05, 4.69) is 36.3 Å². The highest BCUT2D eigenvalue weighted by Gasteiger charge is 2.31. The van der Waals surface area contributed by atoms with Gasteiger partial charge < -0.3 is 16.0 Å².